The van der Waals surface area contributed by atoms with Crippen molar-refractivity contribution in [2.24, 2.45) is 0 Å². The van der Waals surface area contributed by atoms with Crippen molar-refractivity contribution in [3.63, 3.8) is 0 Å². The number of nitrogens with zero attached hydrogens (tertiary/aromatic N) is 2. The van der Waals surface area contributed by atoms with E-state index in [0.717, 1.165) is 5.69 Å². The molecule has 0 atom stereocenters. The number of carbonyl (C=O) groups is 2. The monoisotopic (exact) mass is 250 g/mol. The third kappa shape index (κ3) is 4.95. The van der Waals surface area contributed by atoms with Crippen molar-refractivity contribution in [3.8, 4) is 0 Å². The second kappa shape index (κ2) is 7.42. The Morgan fingerprint density at radius 1 is 1.33 bits per heavy atom. The van der Waals surface area contributed by atoms with Crippen LogP contribution in [0.15, 0.2) is 24.4 Å². The summed E-state index contributed by atoms with van der Waals surface area (Å²) in [6, 6.07) is 5.63. The first-order valence-corrected chi connectivity index (χ1v) is 5.84. The summed E-state index contributed by atoms with van der Waals surface area (Å²) in [4.78, 5) is 28.4. The van der Waals surface area contributed by atoms with Crippen LogP contribution in [0, 0.1) is 0 Å². The molecule has 5 nitrogen and oxygen atoms in total. The van der Waals surface area contributed by atoms with Crippen LogP contribution >= 0.6 is 0 Å². The van der Waals surface area contributed by atoms with E-state index in [4.69, 9.17) is 0 Å². The summed E-state index contributed by atoms with van der Waals surface area (Å²) >= 11 is 0. The number of rotatable bonds is 6. The predicted molar refractivity (Wildman–Crippen MR) is 66.8 cm³/mol. The topological polar surface area (TPSA) is 59.5 Å². The fourth-order valence-electron chi connectivity index (χ4n) is 1.46. The summed E-state index contributed by atoms with van der Waals surface area (Å²) < 4.78 is 4.52. The first-order chi connectivity index (χ1) is 8.63. The highest BCUT2D eigenvalue weighted by atomic mass is 16.5. The zero-order chi connectivity index (χ0) is 13.4. The van der Waals surface area contributed by atoms with Crippen molar-refractivity contribution >= 4 is 11.9 Å². The molecule has 0 aliphatic heterocycles. The number of esters is 1. The molecule has 0 aliphatic carbocycles. The van der Waals surface area contributed by atoms with Crippen LogP contribution < -0.4 is 0 Å². The number of amides is 1. The van der Waals surface area contributed by atoms with Crippen molar-refractivity contribution in [2.75, 3.05) is 20.7 Å². The second-order valence-corrected chi connectivity index (χ2v) is 3.96. The number of hydrogen-bond acceptors (Lipinski definition) is 4. The largest absolute Gasteiger partial charge is 0.469 e. The van der Waals surface area contributed by atoms with Gasteiger partial charge in [0.2, 0.25) is 5.91 Å². The van der Waals surface area contributed by atoms with Gasteiger partial charge in [0.15, 0.2) is 0 Å². The molecule has 0 N–H and O–H groups in total. The molecule has 98 valence electrons. The molecule has 0 saturated carbocycles. The standard InChI is InChI=1S/C13H18N2O3/c1-15(10-8-13(17)18-2)12(16)7-6-11-5-3-4-9-14-11/h3-5,9H,6-8,10H2,1-2H3. The minimum Gasteiger partial charge on any atom is -0.469 e. The minimum atomic E-state index is -0.306. The van der Waals surface area contributed by atoms with Gasteiger partial charge in [0.05, 0.1) is 13.5 Å². The Bertz CT molecular complexity index is 392. The Morgan fingerprint density at radius 3 is 2.72 bits per heavy atom. The van der Waals surface area contributed by atoms with Gasteiger partial charge in [-0.15, -0.1) is 0 Å². The maximum atomic E-state index is 11.8. The van der Waals surface area contributed by atoms with E-state index in [1.54, 1.807) is 18.1 Å². The molecule has 0 aliphatic rings. The number of aromatic nitrogens is 1. The number of methoxy groups -OCH3 is 1. The van der Waals surface area contributed by atoms with Crippen molar-refractivity contribution in [1.29, 1.82) is 0 Å². The third-order valence-corrected chi connectivity index (χ3v) is 2.63. The number of pyridine rings is 1. The average molecular weight is 250 g/mol. The van der Waals surface area contributed by atoms with Crippen LogP contribution in [0.2, 0.25) is 0 Å². The van der Waals surface area contributed by atoms with Crippen molar-refractivity contribution in [3.05, 3.63) is 30.1 Å². The van der Waals surface area contributed by atoms with E-state index in [0.29, 0.717) is 19.4 Å². The molecular formula is C13H18N2O3. The van der Waals surface area contributed by atoms with Gasteiger partial charge in [-0.25, -0.2) is 0 Å². The van der Waals surface area contributed by atoms with E-state index in [1.165, 1.54) is 7.11 Å². The molecule has 18 heavy (non-hydrogen) atoms. The minimum absolute atomic E-state index is 0.00422. The van der Waals surface area contributed by atoms with E-state index < -0.39 is 0 Å². The number of carbonyl (C=O) groups excluding carboxylic acids is 2. The molecule has 5 heteroatoms. The summed E-state index contributed by atoms with van der Waals surface area (Å²) in [5.74, 6) is -0.302. The van der Waals surface area contributed by atoms with Gasteiger partial charge >= 0.3 is 5.97 Å². The molecule has 0 spiro atoms. The lowest BCUT2D eigenvalue weighted by atomic mass is 10.2. The highest BCUT2D eigenvalue weighted by Crippen LogP contribution is 2.01. The smallest absolute Gasteiger partial charge is 0.307 e. The Morgan fingerprint density at radius 2 is 2.11 bits per heavy atom. The maximum absolute atomic E-state index is 11.8. The van der Waals surface area contributed by atoms with Gasteiger partial charge in [-0.05, 0) is 18.6 Å². The SMILES string of the molecule is COC(=O)CCN(C)C(=O)CCc1ccccn1. The lowest BCUT2D eigenvalue weighted by molar-refractivity contribution is -0.141. The first kappa shape index (κ1) is 14.2. The highest BCUT2D eigenvalue weighted by molar-refractivity contribution is 5.77. The van der Waals surface area contributed by atoms with E-state index in [2.05, 4.69) is 9.72 Å². The number of hydrogen-bond donors (Lipinski definition) is 0. The zero-order valence-electron chi connectivity index (χ0n) is 10.8. The fourth-order valence-corrected chi connectivity index (χ4v) is 1.46. The van der Waals surface area contributed by atoms with Crippen LogP contribution in [0.4, 0.5) is 0 Å². The fraction of sp³-hybridized carbons (Fsp3) is 0.462. The van der Waals surface area contributed by atoms with Crippen LogP contribution in [-0.2, 0) is 20.7 Å². The van der Waals surface area contributed by atoms with Gasteiger partial charge in [-0.2, -0.15) is 0 Å². The van der Waals surface area contributed by atoms with Crippen LogP contribution in [0.25, 0.3) is 0 Å². The predicted octanol–water partition coefficient (Wildman–Crippen LogP) is 1.04. The molecule has 0 unspecified atom stereocenters. The molecular weight excluding hydrogens is 232 g/mol. The third-order valence-electron chi connectivity index (χ3n) is 2.63. The number of aryl methyl sites for hydroxylation is 1. The summed E-state index contributed by atoms with van der Waals surface area (Å²) in [5.41, 5.74) is 0.896. The lowest BCUT2D eigenvalue weighted by Gasteiger charge is -2.16. The Labute approximate surface area is 107 Å². The van der Waals surface area contributed by atoms with Gasteiger partial charge in [0.25, 0.3) is 0 Å². The van der Waals surface area contributed by atoms with Crippen LogP contribution in [0.3, 0.4) is 0 Å². The maximum Gasteiger partial charge on any atom is 0.307 e. The van der Waals surface area contributed by atoms with Crippen LogP contribution in [0.1, 0.15) is 18.5 Å². The summed E-state index contributed by atoms with van der Waals surface area (Å²) in [7, 11) is 3.02. The molecule has 0 radical (unpaired) electrons. The van der Waals surface area contributed by atoms with E-state index in [-0.39, 0.29) is 18.3 Å². The first-order valence-electron chi connectivity index (χ1n) is 5.84. The van der Waals surface area contributed by atoms with Gasteiger partial charge in [0, 0.05) is 31.9 Å². The molecule has 0 saturated heterocycles. The summed E-state index contributed by atoms with van der Waals surface area (Å²) in [6.45, 7) is 0.383. The van der Waals surface area contributed by atoms with Gasteiger partial charge in [-0.1, -0.05) is 6.07 Å². The Hall–Kier alpha value is -1.91. The quantitative estimate of drug-likeness (QED) is 0.708. The highest BCUT2D eigenvalue weighted by Gasteiger charge is 2.11. The zero-order valence-corrected chi connectivity index (χ0v) is 10.8. The van der Waals surface area contributed by atoms with Crippen molar-refractivity contribution < 1.29 is 14.3 Å². The molecule has 1 amide bonds. The van der Waals surface area contributed by atoms with E-state index in [9.17, 15) is 9.59 Å². The second-order valence-electron chi connectivity index (χ2n) is 3.96. The lowest BCUT2D eigenvalue weighted by Crippen LogP contribution is -2.29. The van der Waals surface area contributed by atoms with Gasteiger partial charge < -0.3 is 9.64 Å². The molecule has 1 heterocycles. The Balaban J connectivity index is 2.30. The van der Waals surface area contributed by atoms with Gasteiger partial charge in [-0.3, -0.25) is 14.6 Å². The van der Waals surface area contributed by atoms with Gasteiger partial charge in [0.1, 0.15) is 0 Å². The van der Waals surface area contributed by atoms with Crippen LogP contribution in [0.5, 0.6) is 0 Å². The molecule has 1 rings (SSSR count). The molecule has 0 fully saturated rings. The normalized spacial score (nSPS) is 9.89. The van der Waals surface area contributed by atoms with E-state index >= 15 is 0 Å². The van der Waals surface area contributed by atoms with Crippen molar-refractivity contribution in [2.45, 2.75) is 19.3 Å². The molecule has 0 aromatic carbocycles. The summed E-state index contributed by atoms with van der Waals surface area (Å²) in [6.07, 6.45) is 2.94. The van der Waals surface area contributed by atoms with Crippen LogP contribution in [-0.4, -0.2) is 42.5 Å². The number of ether oxygens (including phenoxy) is 1. The Kier molecular flexibility index (Phi) is 5.84. The molecule has 0 bridgehead atoms. The summed E-state index contributed by atoms with van der Waals surface area (Å²) in [5, 5.41) is 0. The molecule has 1 aromatic heterocycles. The van der Waals surface area contributed by atoms with E-state index in [1.807, 2.05) is 18.2 Å². The molecule has 1 aromatic rings. The van der Waals surface area contributed by atoms with Crippen molar-refractivity contribution in [1.82, 2.24) is 9.88 Å². The average Bonchev–Trinajstić information content (AvgIpc) is 2.42.